The van der Waals surface area contributed by atoms with Crippen LogP contribution in [0.4, 0.5) is 10.1 Å². The summed E-state index contributed by atoms with van der Waals surface area (Å²) < 4.78 is 15.8. The van der Waals surface area contributed by atoms with Crippen LogP contribution in [0.1, 0.15) is 41.6 Å². The molecule has 2 N–H and O–H groups in total. The van der Waals surface area contributed by atoms with E-state index in [0.717, 1.165) is 17.2 Å². The Kier molecular flexibility index (Phi) is 7.74. The van der Waals surface area contributed by atoms with Crippen molar-refractivity contribution >= 4 is 34.7 Å². The maximum Gasteiger partial charge on any atom is 0.274 e. The van der Waals surface area contributed by atoms with Crippen LogP contribution in [0.5, 0.6) is 0 Å². The normalized spacial score (nSPS) is 10.3. The van der Waals surface area contributed by atoms with Crippen LogP contribution in [-0.2, 0) is 0 Å². The van der Waals surface area contributed by atoms with E-state index in [1.165, 1.54) is 18.3 Å². The first-order valence-corrected chi connectivity index (χ1v) is 10.8. The molecule has 0 unspecified atom stereocenters. The second-order valence-corrected chi connectivity index (χ2v) is 7.05. The number of imidazole rings is 1. The number of aromatic nitrogens is 3. The predicted molar refractivity (Wildman–Crippen MR) is 127 cm³/mol. The van der Waals surface area contributed by atoms with Gasteiger partial charge >= 0.3 is 0 Å². The summed E-state index contributed by atoms with van der Waals surface area (Å²) in [5.41, 5.74) is 2.62. The highest BCUT2D eigenvalue weighted by Gasteiger charge is 2.16. The zero-order valence-electron chi connectivity index (χ0n) is 18.4. The van der Waals surface area contributed by atoms with Crippen molar-refractivity contribution in [2.75, 3.05) is 11.9 Å². The third-order valence-corrected chi connectivity index (χ3v) is 4.84. The minimum absolute atomic E-state index is 0.0902. The lowest BCUT2D eigenvalue weighted by atomic mass is 10.1. The van der Waals surface area contributed by atoms with Gasteiger partial charge in [0.05, 0.1) is 11.9 Å². The molecule has 0 saturated heterocycles. The molecular weight excluding hydrogens is 445 g/mol. The summed E-state index contributed by atoms with van der Waals surface area (Å²) in [6, 6.07) is 10.9. The van der Waals surface area contributed by atoms with Gasteiger partial charge < -0.3 is 10.6 Å². The van der Waals surface area contributed by atoms with Gasteiger partial charge in [0.1, 0.15) is 22.3 Å². The van der Waals surface area contributed by atoms with Crippen LogP contribution in [-0.4, -0.2) is 32.7 Å². The predicted octanol–water partition coefficient (Wildman–Crippen LogP) is 5.22. The van der Waals surface area contributed by atoms with E-state index in [2.05, 4.69) is 20.6 Å². The number of nitrogens with zero attached hydrogens (tertiary/aromatic N) is 3. The Morgan fingerprint density at radius 1 is 1.00 bits per heavy atom. The molecule has 0 atom stereocenters. The van der Waals surface area contributed by atoms with E-state index in [-0.39, 0.29) is 22.9 Å². The Morgan fingerprint density at radius 3 is 2.48 bits per heavy atom. The second-order valence-electron chi connectivity index (χ2n) is 6.66. The smallest absolute Gasteiger partial charge is 0.274 e. The highest BCUT2D eigenvalue weighted by molar-refractivity contribution is 6.29. The minimum Gasteiger partial charge on any atom is -0.352 e. The first-order valence-electron chi connectivity index (χ1n) is 10.4. The molecule has 0 saturated carbocycles. The quantitative estimate of drug-likeness (QED) is 0.394. The van der Waals surface area contributed by atoms with Crippen LogP contribution in [0.3, 0.4) is 0 Å². The fourth-order valence-corrected chi connectivity index (χ4v) is 3.20. The van der Waals surface area contributed by atoms with Gasteiger partial charge in [0.15, 0.2) is 0 Å². The third kappa shape index (κ3) is 5.35. The number of halogens is 2. The summed E-state index contributed by atoms with van der Waals surface area (Å²) >= 11 is 5.83. The fourth-order valence-electron chi connectivity index (χ4n) is 3.09. The molecule has 0 fully saturated rings. The summed E-state index contributed by atoms with van der Waals surface area (Å²) in [4.78, 5) is 33.1. The van der Waals surface area contributed by atoms with Crippen molar-refractivity contribution in [3.8, 4) is 11.1 Å². The monoisotopic (exact) mass is 467 g/mol. The average Bonchev–Trinajstić information content (AvgIpc) is 3.26. The molecule has 1 aromatic carbocycles. The van der Waals surface area contributed by atoms with Gasteiger partial charge in [0.2, 0.25) is 0 Å². The molecule has 9 heteroatoms. The van der Waals surface area contributed by atoms with E-state index in [0.29, 0.717) is 17.3 Å². The number of fused-ring (bicyclic) bond motifs is 1. The van der Waals surface area contributed by atoms with Crippen LogP contribution in [0.2, 0.25) is 5.15 Å². The number of carbonyl (C=O) groups is 2. The lowest BCUT2D eigenvalue weighted by molar-refractivity contribution is 0.0954. The van der Waals surface area contributed by atoms with Gasteiger partial charge in [-0.2, -0.15) is 0 Å². The maximum atomic E-state index is 14.2. The zero-order valence-corrected chi connectivity index (χ0v) is 19.2. The fraction of sp³-hybridized carbons (Fsp3) is 0.167. The molecule has 0 bridgehead atoms. The van der Waals surface area contributed by atoms with Gasteiger partial charge in [-0.25, -0.2) is 14.4 Å². The van der Waals surface area contributed by atoms with Crippen molar-refractivity contribution in [2.24, 2.45) is 0 Å². The Labute approximate surface area is 195 Å². The van der Waals surface area contributed by atoms with Gasteiger partial charge in [-0.1, -0.05) is 25.4 Å². The van der Waals surface area contributed by atoms with Crippen molar-refractivity contribution in [3.63, 3.8) is 0 Å². The Bertz CT molecular complexity index is 1290. The van der Waals surface area contributed by atoms with Gasteiger partial charge in [-0.15, -0.1) is 0 Å². The first-order chi connectivity index (χ1) is 16.0. The summed E-state index contributed by atoms with van der Waals surface area (Å²) in [5.74, 6) is -1.55. The molecule has 7 nitrogen and oxygen atoms in total. The number of anilines is 1. The number of hydrogen-bond donors (Lipinski definition) is 2. The lowest BCUT2D eigenvalue weighted by Gasteiger charge is -2.09. The van der Waals surface area contributed by atoms with Crippen LogP contribution in [0, 0.1) is 5.82 Å². The van der Waals surface area contributed by atoms with E-state index in [1.807, 2.05) is 26.0 Å². The Hall–Kier alpha value is -3.78. The Balaban J connectivity index is 0.00000149. The molecule has 0 aliphatic heterocycles. The largest absolute Gasteiger partial charge is 0.352 e. The van der Waals surface area contributed by atoms with E-state index in [1.54, 1.807) is 35.9 Å². The van der Waals surface area contributed by atoms with Gasteiger partial charge in [0.25, 0.3) is 11.8 Å². The molecule has 0 aliphatic carbocycles. The Morgan fingerprint density at radius 2 is 1.79 bits per heavy atom. The van der Waals surface area contributed by atoms with E-state index in [9.17, 15) is 14.0 Å². The van der Waals surface area contributed by atoms with Crippen LogP contribution < -0.4 is 10.6 Å². The molecule has 33 heavy (non-hydrogen) atoms. The van der Waals surface area contributed by atoms with Crippen LogP contribution in [0.25, 0.3) is 16.8 Å². The number of nitrogens with one attached hydrogen (secondary N) is 2. The number of pyridine rings is 2. The van der Waals surface area contributed by atoms with Crippen LogP contribution in [0.15, 0.2) is 61.1 Å². The summed E-state index contributed by atoms with van der Waals surface area (Å²) in [7, 11) is 0. The number of rotatable bonds is 5. The maximum absolute atomic E-state index is 14.2. The highest BCUT2D eigenvalue weighted by atomic mass is 35.5. The SMILES string of the molecule is CC.CCNC(=O)c1ccc(F)c(NC(=O)c2cnc3cc(-c4ccc(Cl)nc4)ccn23)c1. The molecule has 3 heterocycles. The molecule has 170 valence electrons. The molecule has 0 radical (unpaired) electrons. The second kappa shape index (κ2) is 10.7. The number of carbonyl (C=O) groups excluding carboxylic acids is 2. The topological polar surface area (TPSA) is 88.4 Å². The van der Waals surface area contributed by atoms with Crippen molar-refractivity contribution in [1.29, 1.82) is 0 Å². The summed E-state index contributed by atoms with van der Waals surface area (Å²) in [6.07, 6.45) is 4.75. The summed E-state index contributed by atoms with van der Waals surface area (Å²) in [5, 5.41) is 5.55. The van der Waals surface area contributed by atoms with Gasteiger partial charge in [-0.05, 0) is 55.0 Å². The zero-order chi connectivity index (χ0) is 24.0. The van der Waals surface area contributed by atoms with Gasteiger partial charge in [-0.3, -0.25) is 14.0 Å². The molecule has 4 rings (SSSR count). The first kappa shape index (κ1) is 23.9. The van der Waals surface area contributed by atoms with Crippen molar-refractivity contribution in [2.45, 2.75) is 20.8 Å². The molecule has 4 aromatic rings. The standard InChI is InChI=1S/C22H17ClFN5O2.C2H6/c1-2-25-21(30)14-3-5-16(24)17(9-14)28-22(31)18-12-27-20-10-13(7-8-29(18)20)15-4-6-19(23)26-11-15;1-2/h3-12H,2H2,1H3,(H,25,30)(H,28,31);1-2H3. The average molecular weight is 468 g/mol. The number of benzene rings is 1. The molecular formula is C24H23ClFN5O2. The lowest BCUT2D eigenvalue weighted by Crippen LogP contribution is -2.23. The third-order valence-electron chi connectivity index (χ3n) is 4.62. The molecule has 0 spiro atoms. The highest BCUT2D eigenvalue weighted by Crippen LogP contribution is 2.23. The number of amides is 2. The molecule has 3 aromatic heterocycles. The molecule has 0 aliphatic rings. The van der Waals surface area contributed by atoms with E-state index < -0.39 is 11.7 Å². The van der Waals surface area contributed by atoms with Gasteiger partial charge in [0, 0.05) is 30.1 Å². The summed E-state index contributed by atoms with van der Waals surface area (Å²) in [6.45, 7) is 6.22. The number of hydrogen-bond acceptors (Lipinski definition) is 4. The van der Waals surface area contributed by atoms with E-state index in [4.69, 9.17) is 11.6 Å². The molecule has 2 amide bonds. The minimum atomic E-state index is -0.646. The van der Waals surface area contributed by atoms with Crippen molar-refractivity contribution in [3.05, 3.63) is 83.3 Å². The van der Waals surface area contributed by atoms with Crippen molar-refractivity contribution < 1.29 is 14.0 Å². The van der Waals surface area contributed by atoms with Crippen molar-refractivity contribution in [1.82, 2.24) is 19.7 Å². The van der Waals surface area contributed by atoms with E-state index >= 15 is 0 Å². The van der Waals surface area contributed by atoms with Crippen LogP contribution >= 0.6 is 11.6 Å².